The molecule has 0 aliphatic carbocycles. The lowest BCUT2D eigenvalue weighted by Gasteiger charge is -2.29. The maximum atomic E-state index is 5.26. The van der Waals surface area contributed by atoms with Crippen molar-refractivity contribution in [1.82, 2.24) is 15.4 Å². The monoisotopic (exact) mass is 281 g/mol. The van der Waals surface area contributed by atoms with Gasteiger partial charge in [0.05, 0.1) is 5.69 Å². The van der Waals surface area contributed by atoms with Crippen LogP contribution in [-0.4, -0.2) is 43.3 Å². The smallest absolute Gasteiger partial charge is 0.162 e. The third-order valence-electron chi connectivity index (χ3n) is 3.79. The summed E-state index contributed by atoms with van der Waals surface area (Å²) in [5.41, 5.74) is 1.01. The second-order valence-corrected chi connectivity index (χ2v) is 5.65. The summed E-state index contributed by atoms with van der Waals surface area (Å²) in [5, 5.41) is 7.57. The highest BCUT2D eigenvalue weighted by Crippen LogP contribution is 2.16. The maximum Gasteiger partial charge on any atom is 0.162 e. The van der Waals surface area contributed by atoms with E-state index in [4.69, 9.17) is 9.26 Å². The first-order chi connectivity index (χ1) is 9.81. The quantitative estimate of drug-likeness (QED) is 0.790. The van der Waals surface area contributed by atoms with Crippen LogP contribution in [0, 0.1) is 5.92 Å². The lowest BCUT2D eigenvalue weighted by Crippen LogP contribution is -2.36. The van der Waals surface area contributed by atoms with Gasteiger partial charge in [0.2, 0.25) is 0 Å². The van der Waals surface area contributed by atoms with E-state index in [0.29, 0.717) is 6.61 Å². The predicted molar refractivity (Wildman–Crippen MR) is 78.4 cm³/mol. The summed E-state index contributed by atoms with van der Waals surface area (Å²) >= 11 is 0. The third kappa shape index (κ3) is 4.89. The molecule has 0 amide bonds. The molecule has 5 nitrogen and oxygen atoms in total. The van der Waals surface area contributed by atoms with Crippen molar-refractivity contribution >= 4 is 0 Å². The summed E-state index contributed by atoms with van der Waals surface area (Å²) in [6.45, 7) is 8.21. The molecule has 1 saturated heterocycles. The summed E-state index contributed by atoms with van der Waals surface area (Å²) in [4.78, 5) is 2.50. The van der Waals surface area contributed by atoms with E-state index in [1.54, 1.807) is 7.11 Å². The SMILES string of the molecule is CCCN(Cc1cc(COC)on1)CC1CCNCC1. The third-order valence-corrected chi connectivity index (χ3v) is 3.79. The van der Waals surface area contributed by atoms with E-state index < -0.39 is 0 Å². The van der Waals surface area contributed by atoms with Gasteiger partial charge in [-0.05, 0) is 44.8 Å². The highest BCUT2D eigenvalue weighted by molar-refractivity contribution is 5.04. The second kappa shape index (κ2) is 8.39. The molecule has 0 spiro atoms. The van der Waals surface area contributed by atoms with E-state index in [9.17, 15) is 0 Å². The first-order valence-corrected chi connectivity index (χ1v) is 7.68. The average Bonchev–Trinajstić information content (AvgIpc) is 2.88. The van der Waals surface area contributed by atoms with Gasteiger partial charge >= 0.3 is 0 Å². The topological polar surface area (TPSA) is 50.5 Å². The molecule has 20 heavy (non-hydrogen) atoms. The van der Waals surface area contributed by atoms with Crippen LogP contribution in [0.5, 0.6) is 0 Å². The summed E-state index contributed by atoms with van der Waals surface area (Å²) in [6.07, 6.45) is 3.75. The minimum absolute atomic E-state index is 0.495. The molecule has 2 rings (SSSR count). The Kier molecular flexibility index (Phi) is 6.50. The van der Waals surface area contributed by atoms with E-state index >= 15 is 0 Å². The molecule has 0 aromatic carbocycles. The highest BCUT2D eigenvalue weighted by atomic mass is 16.5. The average molecular weight is 281 g/mol. The lowest BCUT2D eigenvalue weighted by atomic mass is 9.97. The molecule has 1 fully saturated rings. The van der Waals surface area contributed by atoms with E-state index in [-0.39, 0.29) is 0 Å². The number of nitrogens with zero attached hydrogens (tertiary/aromatic N) is 2. The zero-order valence-corrected chi connectivity index (χ0v) is 12.7. The highest BCUT2D eigenvalue weighted by Gasteiger charge is 2.18. The Bertz CT molecular complexity index is 375. The molecule has 114 valence electrons. The van der Waals surface area contributed by atoms with E-state index in [1.165, 1.54) is 25.8 Å². The lowest BCUT2D eigenvalue weighted by molar-refractivity contribution is 0.155. The molecule has 0 radical (unpaired) electrons. The molecule has 0 saturated carbocycles. The summed E-state index contributed by atoms with van der Waals surface area (Å²) in [6, 6.07) is 2.01. The Labute approximate surface area is 121 Å². The maximum absolute atomic E-state index is 5.26. The fourth-order valence-electron chi connectivity index (χ4n) is 2.85. The molecular formula is C15H27N3O2. The van der Waals surface area contributed by atoms with Crippen molar-refractivity contribution in [1.29, 1.82) is 0 Å². The molecule has 2 heterocycles. The van der Waals surface area contributed by atoms with E-state index in [0.717, 1.165) is 43.6 Å². The molecule has 0 atom stereocenters. The van der Waals surface area contributed by atoms with Gasteiger partial charge in [-0.25, -0.2) is 0 Å². The second-order valence-electron chi connectivity index (χ2n) is 5.65. The first kappa shape index (κ1) is 15.5. The van der Waals surface area contributed by atoms with Gasteiger partial charge in [0.1, 0.15) is 6.61 Å². The molecule has 1 aromatic rings. The fraction of sp³-hybridized carbons (Fsp3) is 0.800. The van der Waals surface area contributed by atoms with Crippen LogP contribution in [0.2, 0.25) is 0 Å². The summed E-state index contributed by atoms with van der Waals surface area (Å²) in [7, 11) is 1.67. The Morgan fingerprint density at radius 3 is 2.95 bits per heavy atom. The summed E-state index contributed by atoms with van der Waals surface area (Å²) in [5.74, 6) is 1.62. The number of hydrogen-bond donors (Lipinski definition) is 1. The van der Waals surface area contributed by atoms with Crippen molar-refractivity contribution in [3.63, 3.8) is 0 Å². The van der Waals surface area contributed by atoms with Crippen LogP contribution in [0.15, 0.2) is 10.6 Å². The van der Waals surface area contributed by atoms with Crippen molar-refractivity contribution in [2.24, 2.45) is 5.92 Å². The Hall–Kier alpha value is -0.910. The van der Waals surface area contributed by atoms with Gasteiger partial charge in [-0.1, -0.05) is 12.1 Å². The van der Waals surface area contributed by atoms with Gasteiger partial charge in [0.15, 0.2) is 5.76 Å². The minimum Gasteiger partial charge on any atom is -0.377 e. The Morgan fingerprint density at radius 2 is 2.25 bits per heavy atom. The van der Waals surface area contributed by atoms with Gasteiger partial charge in [-0.15, -0.1) is 0 Å². The molecule has 1 N–H and O–H groups in total. The van der Waals surface area contributed by atoms with Gasteiger partial charge in [0.25, 0.3) is 0 Å². The zero-order valence-electron chi connectivity index (χ0n) is 12.7. The van der Waals surface area contributed by atoms with E-state index in [2.05, 4.69) is 22.3 Å². The number of nitrogens with one attached hydrogen (secondary N) is 1. The van der Waals surface area contributed by atoms with E-state index in [1.807, 2.05) is 6.07 Å². The van der Waals surface area contributed by atoms with Gasteiger partial charge in [-0.3, -0.25) is 4.90 Å². The van der Waals surface area contributed by atoms with Gasteiger partial charge in [0, 0.05) is 26.3 Å². The normalized spacial score (nSPS) is 16.9. The minimum atomic E-state index is 0.495. The Balaban J connectivity index is 1.86. The largest absolute Gasteiger partial charge is 0.377 e. The molecule has 0 unspecified atom stereocenters. The molecule has 1 aromatic heterocycles. The van der Waals surface area contributed by atoms with Crippen LogP contribution >= 0.6 is 0 Å². The zero-order chi connectivity index (χ0) is 14.2. The Morgan fingerprint density at radius 1 is 1.45 bits per heavy atom. The number of piperidine rings is 1. The molecule has 1 aliphatic heterocycles. The first-order valence-electron chi connectivity index (χ1n) is 7.68. The number of rotatable bonds is 8. The van der Waals surface area contributed by atoms with Crippen LogP contribution in [-0.2, 0) is 17.9 Å². The van der Waals surface area contributed by atoms with Crippen molar-refractivity contribution in [3.8, 4) is 0 Å². The van der Waals surface area contributed by atoms with Crippen LogP contribution < -0.4 is 5.32 Å². The van der Waals surface area contributed by atoms with Crippen molar-refractivity contribution in [3.05, 3.63) is 17.5 Å². The van der Waals surface area contributed by atoms with Gasteiger partial charge in [-0.2, -0.15) is 0 Å². The van der Waals surface area contributed by atoms with Crippen LogP contribution in [0.3, 0.4) is 0 Å². The van der Waals surface area contributed by atoms with Crippen molar-refractivity contribution in [2.45, 2.75) is 39.3 Å². The molecule has 0 bridgehead atoms. The number of aromatic nitrogens is 1. The molecular weight excluding hydrogens is 254 g/mol. The standard InChI is InChI=1S/C15H27N3O2/c1-3-8-18(10-13-4-6-16-7-5-13)11-14-9-15(12-19-2)20-17-14/h9,13,16H,3-8,10-12H2,1-2H3. The van der Waals surface area contributed by atoms with Crippen molar-refractivity contribution in [2.75, 3.05) is 33.3 Å². The summed E-state index contributed by atoms with van der Waals surface area (Å²) < 4.78 is 10.3. The van der Waals surface area contributed by atoms with Crippen LogP contribution in [0.25, 0.3) is 0 Å². The fourth-order valence-corrected chi connectivity index (χ4v) is 2.85. The van der Waals surface area contributed by atoms with Crippen LogP contribution in [0.1, 0.15) is 37.6 Å². The predicted octanol–water partition coefficient (Wildman–Crippen LogP) is 2.03. The number of methoxy groups -OCH3 is 1. The molecule has 1 aliphatic rings. The molecule has 5 heteroatoms. The number of ether oxygens (including phenoxy) is 1. The van der Waals surface area contributed by atoms with Crippen molar-refractivity contribution < 1.29 is 9.26 Å². The van der Waals surface area contributed by atoms with Gasteiger partial charge < -0.3 is 14.6 Å². The van der Waals surface area contributed by atoms with Crippen LogP contribution in [0.4, 0.5) is 0 Å². The number of hydrogen-bond acceptors (Lipinski definition) is 5.